The molecule has 1 aromatic heterocycles. The highest BCUT2D eigenvalue weighted by molar-refractivity contribution is 7.99. The number of aromatic nitrogens is 1. The smallest absolute Gasteiger partial charge is 0.415 e. The lowest BCUT2D eigenvalue weighted by Gasteiger charge is -2.40. The Labute approximate surface area is 254 Å². The van der Waals surface area contributed by atoms with E-state index in [0.717, 1.165) is 27.6 Å². The van der Waals surface area contributed by atoms with E-state index in [1.165, 1.54) is 0 Å². The molecular weight excluding hydrogens is 587 g/mol. The summed E-state index contributed by atoms with van der Waals surface area (Å²) in [6.07, 6.45) is 0.433. The first-order valence-electron chi connectivity index (χ1n) is 13.6. The standard InChI is InChI=1S/C27H35Cl2N8O3S/c1-27(2,3)40-26(38)36-13-14-41-17-22(36)37(39)35-11-9-34(10-12-35)25-32-23-20(5-4-8-30-23)24(33-25)31-16-18-6-7-19(28)15-21(18)29/h4-8,15,22,25H,9-14,16-17H2,1-3H3,(H,30,32)(H,31,33)/q+1/t22-,25?/m0/s1. The summed E-state index contributed by atoms with van der Waals surface area (Å²) in [6.45, 7) is 8.61. The number of nitrogens with one attached hydrogen (secondary N) is 2. The zero-order valence-electron chi connectivity index (χ0n) is 23.3. The van der Waals surface area contributed by atoms with Gasteiger partial charge in [0.25, 0.3) is 0 Å². The second kappa shape index (κ2) is 12.6. The number of nitrogens with zero attached hydrogens (tertiary/aromatic N) is 6. The number of hydrazine groups is 1. The highest BCUT2D eigenvalue weighted by atomic mass is 35.5. The highest BCUT2D eigenvalue weighted by Gasteiger charge is 2.45. The van der Waals surface area contributed by atoms with Crippen molar-refractivity contribution < 1.29 is 14.4 Å². The Morgan fingerprint density at radius 1 is 1.17 bits per heavy atom. The molecule has 2 aromatic rings. The molecule has 220 valence electrons. The summed E-state index contributed by atoms with van der Waals surface area (Å²) >= 11 is 14.1. The van der Waals surface area contributed by atoms with Crippen LogP contribution in [0.5, 0.6) is 0 Å². The highest BCUT2D eigenvalue weighted by Crippen LogP contribution is 2.25. The van der Waals surface area contributed by atoms with Crippen LogP contribution < -0.4 is 10.6 Å². The van der Waals surface area contributed by atoms with E-state index in [4.69, 9.17) is 32.9 Å². The predicted octanol–water partition coefficient (Wildman–Crippen LogP) is 4.26. The Bertz CT molecular complexity index is 1320. The van der Waals surface area contributed by atoms with Gasteiger partial charge in [-0.1, -0.05) is 29.3 Å². The van der Waals surface area contributed by atoms with Crippen molar-refractivity contribution in [2.24, 2.45) is 4.99 Å². The predicted molar refractivity (Wildman–Crippen MR) is 162 cm³/mol. The molecule has 4 heterocycles. The fraction of sp³-hybridized carbons (Fsp3) is 0.519. The van der Waals surface area contributed by atoms with Gasteiger partial charge in [-0.3, -0.25) is 9.89 Å². The summed E-state index contributed by atoms with van der Waals surface area (Å²) < 4.78 is 5.58. The van der Waals surface area contributed by atoms with Crippen LogP contribution in [0.3, 0.4) is 0 Å². The Morgan fingerprint density at radius 3 is 2.68 bits per heavy atom. The molecule has 0 spiro atoms. The minimum atomic E-state index is -0.623. The molecular formula is C27H35Cl2N8O3S+. The molecule has 2 saturated heterocycles. The van der Waals surface area contributed by atoms with Crippen molar-refractivity contribution in [2.45, 2.75) is 45.4 Å². The van der Waals surface area contributed by atoms with Crippen LogP contribution in [0.2, 0.25) is 10.0 Å². The lowest BCUT2D eigenvalue weighted by molar-refractivity contribution is -0.746. The normalized spacial score (nSPS) is 22.5. The van der Waals surface area contributed by atoms with E-state index in [1.807, 2.05) is 39.0 Å². The third-order valence-corrected chi connectivity index (χ3v) is 8.55. The summed E-state index contributed by atoms with van der Waals surface area (Å²) in [7, 11) is 0. The topological polar surface area (TPSA) is 105 Å². The van der Waals surface area contributed by atoms with Crippen LogP contribution in [0, 0.1) is 4.91 Å². The molecule has 11 nitrogen and oxygen atoms in total. The minimum absolute atomic E-state index is 0.261. The SMILES string of the molecule is CC(C)(C)OC(=O)N1CCSC[C@@H]1[N+](=O)N1CCN(C2NC(=NCc3ccc(Cl)cc3Cl)c3cccnc3N2)CC1. The summed E-state index contributed by atoms with van der Waals surface area (Å²) in [6, 6.07) is 9.23. The molecule has 14 heteroatoms. The number of rotatable bonds is 5. The van der Waals surface area contributed by atoms with Crippen molar-refractivity contribution in [3.63, 3.8) is 0 Å². The molecule has 5 rings (SSSR count). The molecule has 2 N–H and O–H groups in total. The number of aliphatic imine (C=N–C) groups is 1. The number of anilines is 1. The molecule has 3 aliphatic heterocycles. The summed E-state index contributed by atoms with van der Waals surface area (Å²) in [5, 5.41) is 9.89. The number of thioether (sulfide) groups is 1. The van der Waals surface area contributed by atoms with Crippen molar-refractivity contribution in [3.8, 4) is 0 Å². The maximum atomic E-state index is 13.5. The van der Waals surface area contributed by atoms with E-state index in [2.05, 4.69) is 20.5 Å². The fourth-order valence-electron chi connectivity index (χ4n) is 4.87. The van der Waals surface area contributed by atoms with Gasteiger partial charge in [0.1, 0.15) is 22.1 Å². The monoisotopic (exact) mass is 621 g/mol. The summed E-state index contributed by atoms with van der Waals surface area (Å²) in [4.78, 5) is 40.4. The maximum Gasteiger partial charge on any atom is 0.415 e. The van der Waals surface area contributed by atoms with Gasteiger partial charge in [0.15, 0.2) is 6.29 Å². The quantitative estimate of drug-likeness (QED) is 0.474. The summed E-state index contributed by atoms with van der Waals surface area (Å²) in [5.41, 5.74) is 1.12. The van der Waals surface area contributed by atoms with Crippen LogP contribution in [-0.2, 0) is 11.3 Å². The number of halogens is 2. The Balaban J connectivity index is 1.24. The Hall–Kier alpha value is -2.80. The van der Waals surface area contributed by atoms with Gasteiger partial charge in [-0.05, 0) is 50.6 Å². The van der Waals surface area contributed by atoms with Crippen molar-refractivity contribution in [1.29, 1.82) is 0 Å². The second-order valence-electron chi connectivity index (χ2n) is 11.0. The van der Waals surface area contributed by atoms with Gasteiger partial charge in [-0.15, -0.1) is 5.01 Å². The van der Waals surface area contributed by atoms with E-state index in [1.54, 1.807) is 40.0 Å². The van der Waals surface area contributed by atoms with Gasteiger partial charge in [0.05, 0.1) is 35.9 Å². The minimum Gasteiger partial charge on any atom is -0.444 e. The molecule has 0 bridgehead atoms. The molecule has 0 aliphatic carbocycles. The van der Waals surface area contributed by atoms with Crippen LogP contribution in [-0.4, -0.2) is 98.9 Å². The molecule has 0 radical (unpaired) electrons. The molecule has 1 amide bonds. The number of hydrogen-bond acceptors (Lipinski definition) is 8. The maximum absolute atomic E-state index is 13.5. The molecule has 0 saturated carbocycles. The van der Waals surface area contributed by atoms with Gasteiger partial charge in [0.2, 0.25) is 0 Å². The van der Waals surface area contributed by atoms with Crippen LogP contribution >= 0.6 is 35.0 Å². The lowest BCUT2D eigenvalue weighted by Crippen LogP contribution is -2.63. The Kier molecular flexibility index (Phi) is 9.12. The van der Waals surface area contributed by atoms with Gasteiger partial charge in [0, 0.05) is 41.6 Å². The van der Waals surface area contributed by atoms with E-state index >= 15 is 0 Å². The number of carbonyl (C=O) groups excluding carboxylic acids is 1. The lowest BCUT2D eigenvalue weighted by atomic mass is 10.2. The van der Waals surface area contributed by atoms with Crippen molar-refractivity contribution in [1.82, 2.24) is 25.1 Å². The average molecular weight is 623 g/mol. The van der Waals surface area contributed by atoms with E-state index in [-0.39, 0.29) is 6.29 Å². The number of carbonyl (C=O) groups is 1. The molecule has 2 fully saturated rings. The first-order chi connectivity index (χ1) is 19.6. The van der Waals surface area contributed by atoms with Crippen LogP contribution in [0.25, 0.3) is 0 Å². The average Bonchev–Trinajstić information content (AvgIpc) is 2.95. The zero-order chi connectivity index (χ0) is 29.1. The van der Waals surface area contributed by atoms with Gasteiger partial charge in [-0.2, -0.15) is 11.8 Å². The molecule has 1 aromatic carbocycles. The number of nitroso groups, excluding NO2 is 1. The van der Waals surface area contributed by atoms with Crippen molar-refractivity contribution in [3.05, 3.63) is 62.6 Å². The number of hydrogen-bond donors (Lipinski definition) is 2. The van der Waals surface area contributed by atoms with E-state index in [9.17, 15) is 9.70 Å². The molecule has 3 aliphatic rings. The van der Waals surface area contributed by atoms with Crippen LogP contribution in [0.1, 0.15) is 31.9 Å². The number of amides is 1. The first kappa shape index (κ1) is 29.7. The van der Waals surface area contributed by atoms with Crippen LogP contribution in [0.15, 0.2) is 41.5 Å². The third kappa shape index (κ3) is 7.17. The number of ether oxygens (including phenoxy) is 1. The number of amidine groups is 1. The fourth-order valence-corrected chi connectivity index (χ4v) is 6.35. The van der Waals surface area contributed by atoms with Crippen molar-refractivity contribution in [2.75, 3.05) is 49.5 Å². The molecule has 1 unspecified atom stereocenters. The summed E-state index contributed by atoms with van der Waals surface area (Å²) in [5.74, 6) is 2.76. The first-order valence-corrected chi connectivity index (χ1v) is 15.5. The van der Waals surface area contributed by atoms with Gasteiger partial charge >= 0.3 is 12.3 Å². The third-order valence-electron chi connectivity index (χ3n) is 6.95. The Morgan fingerprint density at radius 2 is 1.95 bits per heavy atom. The zero-order valence-corrected chi connectivity index (χ0v) is 25.7. The molecule has 41 heavy (non-hydrogen) atoms. The largest absolute Gasteiger partial charge is 0.444 e. The van der Waals surface area contributed by atoms with E-state index < -0.39 is 17.9 Å². The van der Waals surface area contributed by atoms with Crippen molar-refractivity contribution >= 4 is 52.7 Å². The van der Waals surface area contributed by atoms with Crippen LogP contribution in [0.4, 0.5) is 10.6 Å². The second-order valence-corrected chi connectivity index (χ2v) is 13.0. The number of benzene rings is 1. The van der Waals surface area contributed by atoms with Gasteiger partial charge < -0.3 is 15.4 Å². The number of fused-ring (bicyclic) bond motifs is 1. The van der Waals surface area contributed by atoms with Gasteiger partial charge in [-0.25, -0.2) is 14.7 Å². The number of pyridine rings is 1. The van der Waals surface area contributed by atoms with E-state index in [0.29, 0.717) is 60.9 Å². The number of piperazine rings is 1. The molecule has 2 atom stereocenters.